The van der Waals surface area contributed by atoms with Gasteiger partial charge in [-0.25, -0.2) is 14.1 Å². The molecule has 3 aromatic rings. The third-order valence-electron chi connectivity index (χ3n) is 3.18. The molecule has 3 rings (SSSR count). The predicted octanol–water partition coefficient (Wildman–Crippen LogP) is 2.94. The predicted molar refractivity (Wildman–Crippen MR) is 85.0 cm³/mol. The largest absolute Gasteiger partial charge is 0.321 e. The number of thiophene rings is 1. The lowest BCUT2D eigenvalue weighted by atomic mass is 10.2. The quantitative estimate of drug-likeness (QED) is 0.577. The van der Waals surface area contributed by atoms with Gasteiger partial charge < -0.3 is 5.32 Å². The molecular weight excluding hydrogens is 337 g/mol. The van der Waals surface area contributed by atoms with Gasteiger partial charge >= 0.3 is 0 Å². The number of nitro groups is 1. The van der Waals surface area contributed by atoms with Crippen molar-refractivity contribution in [2.24, 2.45) is 0 Å². The van der Waals surface area contributed by atoms with Crippen molar-refractivity contribution in [2.75, 3.05) is 5.32 Å². The standard InChI is InChI=1S/C14H10FN5O3S/c1-8-12(20(22)23)5-13(24-8)14(21)18-9-2-3-11(10(15)4-9)19-7-16-6-17-19/h2-7H,1H3,(H,18,21). The molecule has 1 N–H and O–H groups in total. The van der Waals surface area contributed by atoms with E-state index >= 15 is 0 Å². The van der Waals surface area contributed by atoms with Crippen LogP contribution in [0.3, 0.4) is 0 Å². The Kier molecular flexibility index (Phi) is 4.04. The number of hydrogen-bond donors (Lipinski definition) is 1. The van der Waals surface area contributed by atoms with E-state index in [4.69, 9.17) is 0 Å². The van der Waals surface area contributed by atoms with E-state index in [0.29, 0.717) is 4.88 Å². The Morgan fingerprint density at radius 3 is 2.79 bits per heavy atom. The number of hydrogen-bond acceptors (Lipinski definition) is 6. The van der Waals surface area contributed by atoms with Gasteiger partial charge in [0, 0.05) is 11.8 Å². The molecule has 122 valence electrons. The number of carbonyl (C=O) groups excluding carboxylic acids is 1. The molecule has 0 fully saturated rings. The van der Waals surface area contributed by atoms with Crippen molar-refractivity contribution < 1.29 is 14.1 Å². The average molecular weight is 347 g/mol. The topological polar surface area (TPSA) is 103 Å². The Morgan fingerprint density at radius 1 is 1.42 bits per heavy atom. The Labute approximate surface area is 138 Å². The highest BCUT2D eigenvalue weighted by molar-refractivity contribution is 7.14. The zero-order valence-corrected chi connectivity index (χ0v) is 13.1. The third-order valence-corrected chi connectivity index (χ3v) is 4.22. The van der Waals surface area contributed by atoms with Crippen LogP contribution in [0.1, 0.15) is 14.5 Å². The summed E-state index contributed by atoms with van der Waals surface area (Å²) in [5.74, 6) is -1.13. The van der Waals surface area contributed by atoms with Crippen LogP contribution < -0.4 is 5.32 Å². The molecule has 1 amide bonds. The van der Waals surface area contributed by atoms with Crippen LogP contribution in [0, 0.1) is 22.9 Å². The van der Waals surface area contributed by atoms with Gasteiger partial charge in [0.1, 0.15) is 18.3 Å². The van der Waals surface area contributed by atoms with Gasteiger partial charge in [0.2, 0.25) is 0 Å². The lowest BCUT2D eigenvalue weighted by Gasteiger charge is -2.07. The molecule has 0 saturated carbocycles. The van der Waals surface area contributed by atoms with Crippen LogP contribution in [0.2, 0.25) is 0 Å². The highest BCUT2D eigenvalue weighted by Crippen LogP contribution is 2.28. The second-order valence-electron chi connectivity index (χ2n) is 4.77. The monoisotopic (exact) mass is 347 g/mol. The van der Waals surface area contributed by atoms with Crippen LogP contribution in [-0.2, 0) is 0 Å². The van der Waals surface area contributed by atoms with Crippen molar-refractivity contribution in [3.05, 3.63) is 62.6 Å². The molecule has 0 unspecified atom stereocenters. The highest BCUT2D eigenvalue weighted by Gasteiger charge is 2.20. The Bertz CT molecular complexity index is 923. The minimum absolute atomic E-state index is 0.113. The molecule has 0 spiro atoms. The van der Waals surface area contributed by atoms with Gasteiger partial charge in [-0.1, -0.05) is 0 Å². The summed E-state index contributed by atoms with van der Waals surface area (Å²) in [5.41, 5.74) is 0.307. The second kappa shape index (κ2) is 6.16. The normalized spacial score (nSPS) is 10.6. The van der Waals surface area contributed by atoms with E-state index in [1.807, 2.05) is 0 Å². The second-order valence-corrected chi connectivity index (χ2v) is 6.03. The van der Waals surface area contributed by atoms with Gasteiger partial charge in [-0.2, -0.15) is 5.10 Å². The zero-order chi connectivity index (χ0) is 17.3. The van der Waals surface area contributed by atoms with Crippen LogP contribution in [-0.4, -0.2) is 25.6 Å². The minimum Gasteiger partial charge on any atom is -0.321 e. The molecule has 8 nitrogen and oxygen atoms in total. The molecule has 0 atom stereocenters. The van der Waals surface area contributed by atoms with E-state index < -0.39 is 16.6 Å². The van der Waals surface area contributed by atoms with Crippen LogP contribution in [0.5, 0.6) is 0 Å². The van der Waals surface area contributed by atoms with Gasteiger partial charge in [-0.15, -0.1) is 11.3 Å². The van der Waals surface area contributed by atoms with Crippen molar-refractivity contribution >= 4 is 28.6 Å². The van der Waals surface area contributed by atoms with E-state index in [2.05, 4.69) is 15.4 Å². The summed E-state index contributed by atoms with van der Waals surface area (Å²) in [6.45, 7) is 1.56. The molecule has 0 aliphatic rings. The summed E-state index contributed by atoms with van der Waals surface area (Å²) >= 11 is 1.01. The first kappa shape index (κ1) is 15.7. The maximum absolute atomic E-state index is 14.1. The van der Waals surface area contributed by atoms with E-state index in [0.717, 1.165) is 17.4 Å². The number of halogens is 1. The number of rotatable bonds is 4. The lowest BCUT2D eigenvalue weighted by molar-refractivity contribution is -0.385. The fourth-order valence-corrected chi connectivity index (χ4v) is 2.94. The summed E-state index contributed by atoms with van der Waals surface area (Å²) in [4.78, 5) is 26.8. The van der Waals surface area contributed by atoms with Gasteiger partial charge in [0.25, 0.3) is 11.6 Å². The summed E-state index contributed by atoms with van der Waals surface area (Å²) < 4.78 is 15.4. The van der Waals surface area contributed by atoms with Gasteiger partial charge in [0.15, 0.2) is 5.82 Å². The van der Waals surface area contributed by atoms with Gasteiger partial charge in [-0.3, -0.25) is 14.9 Å². The number of anilines is 1. The molecule has 0 radical (unpaired) electrons. The third kappa shape index (κ3) is 2.99. The lowest BCUT2D eigenvalue weighted by Crippen LogP contribution is -2.10. The number of carbonyl (C=O) groups is 1. The van der Waals surface area contributed by atoms with Crippen molar-refractivity contribution in [1.29, 1.82) is 0 Å². The van der Waals surface area contributed by atoms with E-state index in [-0.39, 0.29) is 21.9 Å². The highest BCUT2D eigenvalue weighted by atomic mass is 32.1. The van der Waals surface area contributed by atoms with Crippen molar-refractivity contribution in [1.82, 2.24) is 14.8 Å². The molecule has 1 aromatic carbocycles. The van der Waals surface area contributed by atoms with Crippen molar-refractivity contribution in [3.63, 3.8) is 0 Å². The molecule has 0 bridgehead atoms. The van der Waals surface area contributed by atoms with Crippen molar-refractivity contribution in [2.45, 2.75) is 6.92 Å². The Balaban J connectivity index is 1.81. The molecule has 2 heterocycles. The summed E-state index contributed by atoms with van der Waals surface area (Å²) in [6.07, 6.45) is 2.63. The van der Waals surface area contributed by atoms with Gasteiger partial charge in [0.05, 0.1) is 14.7 Å². The molecule has 10 heteroatoms. The number of aryl methyl sites for hydroxylation is 1. The first-order valence-corrected chi connectivity index (χ1v) is 7.48. The maximum atomic E-state index is 14.1. The maximum Gasteiger partial charge on any atom is 0.283 e. The number of amides is 1. The van der Waals surface area contributed by atoms with Crippen LogP contribution in [0.25, 0.3) is 5.69 Å². The Morgan fingerprint density at radius 2 is 2.21 bits per heavy atom. The summed E-state index contributed by atoms with van der Waals surface area (Å²) in [6, 6.07) is 5.30. The fourth-order valence-electron chi connectivity index (χ4n) is 2.06. The molecule has 2 aromatic heterocycles. The SMILES string of the molecule is Cc1sc(C(=O)Nc2ccc(-n3cncn3)c(F)c2)cc1[N+](=O)[O-]. The fraction of sp³-hybridized carbons (Fsp3) is 0.0714. The number of nitrogens with zero attached hydrogens (tertiary/aromatic N) is 4. The van der Waals surface area contributed by atoms with E-state index in [9.17, 15) is 19.3 Å². The van der Waals surface area contributed by atoms with Gasteiger partial charge in [-0.05, 0) is 25.1 Å². The number of nitrogens with one attached hydrogen (secondary N) is 1. The van der Waals surface area contributed by atoms with Crippen LogP contribution >= 0.6 is 11.3 Å². The van der Waals surface area contributed by atoms with Crippen LogP contribution in [0.15, 0.2) is 36.9 Å². The smallest absolute Gasteiger partial charge is 0.283 e. The molecule has 0 saturated heterocycles. The van der Waals surface area contributed by atoms with Crippen LogP contribution in [0.4, 0.5) is 15.8 Å². The van der Waals surface area contributed by atoms with Crippen molar-refractivity contribution in [3.8, 4) is 5.69 Å². The summed E-state index contributed by atoms with van der Waals surface area (Å²) in [5, 5.41) is 17.2. The molecule has 0 aliphatic heterocycles. The first-order chi connectivity index (χ1) is 11.5. The molecular formula is C14H10FN5O3S. The molecule has 0 aliphatic carbocycles. The molecule has 24 heavy (non-hydrogen) atoms. The first-order valence-electron chi connectivity index (χ1n) is 6.66. The number of benzene rings is 1. The minimum atomic E-state index is -0.591. The number of aromatic nitrogens is 3. The summed E-state index contributed by atoms with van der Waals surface area (Å²) in [7, 11) is 0. The van der Waals surface area contributed by atoms with E-state index in [1.165, 1.54) is 35.5 Å². The average Bonchev–Trinajstić information content (AvgIpc) is 3.16. The van der Waals surface area contributed by atoms with E-state index in [1.54, 1.807) is 6.92 Å². The Hall–Kier alpha value is -3.14. The zero-order valence-electron chi connectivity index (χ0n) is 12.3.